The zero-order valence-corrected chi connectivity index (χ0v) is 28.0. The molecule has 1 aliphatic heterocycles. The van der Waals surface area contributed by atoms with Crippen molar-refractivity contribution in [1.82, 2.24) is 15.5 Å². The zero-order chi connectivity index (χ0) is 36.5. The third-order valence-corrected chi connectivity index (χ3v) is 8.11. The molecule has 1 unspecified atom stereocenters. The summed E-state index contributed by atoms with van der Waals surface area (Å²) in [7, 11) is 2.87. The normalized spacial score (nSPS) is 14.0. The van der Waals surface area contributed by atoms with Crippen molar-refractivity contribution in [2.75, 3.05) is 37.4 Å². The average Bonchev–Trinajstić information content (AvgIpc) is 3.04. The van der Waals surface area contributed by atoms with Crippen LogP contribution in [0.2, 0.25) is 5.02 Å². The number of nitrogens with zero attached hydrogens (tertiary/aromatic N) is 2. The van der Waals surface area contributed by atoms with Crippen LogP contribution in [0.3, 0.4) is 0 Å². The first-order valence-electron chi connectivity index (χ1n) is 15.0. The molecule has 4 N–H and O–H groups in total. The lowest BCUT2D eigenvalue weighted by atomic mass is 9.97. The molecule has 15 heteroatoms. The first-order chi connectivity index (χ1) is 23.1. The van der Waals surface area contributed by atoms with Crippen LogP contribution < -0.4 is 20.9 Å². The Labute approximate surface area is 286 Å². The van der Waals surface area contributed by atoms with Gasteiger partial charge in [-0.05, 0) is 56.7 Å². The summed E-state index contributed by atoms with van der Waals surface area (Å²) < 4.78 is 39.0. The van der Waals surface area contributed by atoms with Gasteiger partial charge in [-0.2, -0.15) is 13.2 Å². The minimum Gasteiger partial charge on any atom is -0.377 e. The third kappa shape index (κ3) is 9.70. The molecule has 3 amide bonds. The van der Waals surface area contributed by atoms with Gasteiger partial charge in [-0.25, -0.2) is 0 Å². The van der Waals surface area contributed by atoms with Crippen LogP contribution in [0.1, 0.15) is 53.0 Å². The molecule has 0 aromatic heterocycles. The van der Waals surface area contributed by atoms with Gasteiger partial charge in [0, 0.05) is 63.0 Å². The van der Waals surface area contributed by atoms with Crippen LogP contribution in [0.5, 0.6) is 0 Å². The van der Waals surface area contributed by atoms with E-state index in [4.69, 9.17) is 17.0 Å². The minimum atomic E-state index is -4.63. The van der Waals surface area contributed by atoms with Crippen molar-refractivity contribution in [3.63, 3.8) is 0 Å². The number of carbonyl (C=O) groups is 5. The number of aldehydes is 2. The highest BCUT2D eigenvalue weighted by Gasteiger charge is 2.34. The number of anilines is 2. The zero-order valence-electron chi connectivity index (χ0n) is 27.2. The number of alkyl halides is 3. The van der Waals surface area contributed by atoms with Crippen LogP contribution in [0, 0.1) is 23.2 Å². The lowest BCUT2D eigenvalue weighted by Gasteiger charge is -2.38. The quantitative estimate of drug-likeness (QED) is 0.138. The lowest BCUT2D eigenvalue weighted by Crippen LogP contribution is -2.47. The van der Waals surface area contributed by atoms with E-state index in [1.807, 2.05) is 4.90 Å². The third-order valence-electron chi connectivity index (χ3n) is 7.80. The van der Waals surface area contributed by atoms with Crippen LogP contribution in [0.25, 0.3) is 0 Å². The summed E-state index contributed by atoms with van der Waals surface area (Å²) >= 11 is 5.75. The molecule has 2 aromatic carbocycles. The summed E-state index contributed by atoms with van der Waals surface area (Å²) in [5, 5.41) is 15.1. The molecule has 3 rings (SSSR count). The highest BCUT2D eigenvalue weighted by atomic mass is 35.5. The number of hydrogen-bond donors (Lipinski definition) is 4. The lowest BCUT2D eigenvalue weighted by molar-refractivity contribution is -0.137. The minimum absolute atomic E-state index is 0.0755. The Kier molecular flexibility index (Phi) is 12.7. The molecule has 49 heavy (non-hydrogen) atoms. The first kappa shape index (κ1) is 38.3. The van der Waals surface area contributed by atoms with Crippen molar-refractivity contribution in [3.05, 3.63) is 69.9 Å². The van der Waals surface area contributed by atoms with Gasteiger partial charge in [0.15, 0.2) is 6.29 Å². The van der Waals surface area contributed by atoms with E-state index in [9.17, 15) is 37.1 Å². The van der Waals surface area contributed by atoms with Crippen molar-refractivity contribution in [2.24, 2.45) is 5.92 Å². The topological polar surface area (TPSA) is 152 Å². The van der Waals surface area contributed by atoms with E-state index in [1.165, 1.54) is 31.3 Å². The summed E-state index contributed by atoms with van der Waals surface area (Å²) in [4.78, 5) is 64.4. The Balaban J connectivity index is 1.65. The predicted octanol–water partition coefficient (Wildman–Crippen LogP) is 4.32. The van der Waals surface area contributed by atoms with E-state index < -0.39 is 46.1 Å². The molecule has 260 valence electrons. The van der Waals surface area contributed by atoms with E-state index in [2.05, 4.69) is 27.8 Å². The second-order valence-electron chi connectivity index (χ2n) is 11.7. The van der Waals surface area contributed by atoms with Gasteiger partial charge in [0.25, 0.3) is 5.91 Å². The van der Waals surface area contributed by atoms with E-state index >= 15 is 0 Å². The molecule has 11 nitrogen and oxygen atoms in total. The molecule has 0 bridgehead atoms. The van der Waals surface area contributed by atoms with Crippen molar-refractivity contribution < 1.29 is 37.1 Å². The number of rotatable bonds is 13. The fraction of sp³-hybridized carbons (Fsp3) is 0.353. The number of halogens is 4. The van der Waals surface area contributed by atoms with Crippen molar-refractivity contribution >= 4 is 59.5 Å². The van der Waals surface area contributed by atoms with Crippen LogP contribution in [0.15, 0.2) is 48.2 Å². The van der Waals surface area contributed by atoms with Gasteiger partial charge in [0.1, 0.15) is 17.9 Å². The second-order valence-corrected chi connectivity index (χ2v) is 12.1. The van der Waals surface area contributed by atoms with Gasteiger partial charge < -0.3 is 36.0 Å². The molecule has 1 atom stereocenters. The highest BCUT2D eigenvalue weighted by molar-refractivity contribution is 6.31. The number of nitrogens with one attached hydrogen (secondary N) is 4. The van der Waals surface area contributed by atoms with Gasteiger partial charge in [0.05, 0.1) is 27.6 Å². The molecule has 1 fully saturated rings. The van der Waals surface area contributed by atoms with Crippen molar-refractivity contribution in [3.8, 4) is 11.8 Å². The van der Waals surface area contributed by atoms with E-state index in [-0.39, 0.29) is 41.1 Å². The molecular formula is C34H36ClF3N6O5. The number of amides is 3. The largest absolute Gasteiger partial charge is 0.417 e. The fourth-order valence-corrected chi connectivity index (χ4v) is 5.06. The Hall–Kier alpha value is -5.16. The number of allylic oxidation sites excluding steroid dienone is 1. The van der Waals surface area contributed by atoms with Crippen LogP contribution in [-0.2, 0) is 20.6 Å². The molecule has 0 radical (unpaired) electrons. The number of carbonyl (C=O) groups excluding carboxylic acids is 5. The maximum absolute atomic E-state index is 13.4. The van der Waals surface area contributed by atoms with E-state index in [1.54, 1.807) is 26.0 Å². The summed E-state index contributed by atoms with van der Waals surface area (Å²) in [6.07, 6.45) is -0.805. The molecule has 0 saturated carbocycles. The van der Waals surface area contributed by atoms with E-state index in [0.29, 0.717) is 31.3 Å². The van der Waals surface area contributed by atoms with Gasteiger partial charge >= 0.3 is 6.18 Å². The summed E-state index contributed by atoms with van der Waals surface area (Å²) in [5.74, 6) is 4.31. The molecule has 1 saturated heterocycles. The van der Waals surface area contributed by atoms with Crippen LogP contribution >= 0.6 is 11.6 Å². The maximum atomic E-state index is 13.4. The van der Waals surface area contributed by atoms with Gasteiger partial charge in [-0.15, -0.1) is 0 Å². The monoisotopic (exact) mass is 700 g/mol. The summed E-state index contributed by atoms with van der Waals surface area (Å²) in [6.45, 7) is 4.05. The summed E-state index contributed by atoms with van der Waals surface area (Å²) in [6, 6.07) is 6.79. The number of benzene rings is 2. The molecule has 1 aliphatic rings. The summed E-state index contributed by atoms with van der Waals surface area (Å²) in [5.41, 5.74) is -0.996. The van der Waals surface area contributed by atoms with Gasteiger partial charge in [-0.1, -0.05) is 23.4 Å². The van der Waals surface area contributed by atoms with Gasteiger partial charge in [-0.3, -0.25) is 19.2 Å². The average molecular weight is 701 g/mol. The van der Waals surface area contributed by atoms with Crippen molar-refractivity contribution in [1.29, 1.82) is 5.41 Å². The van der Waals surface area contributed by atoms with Crippen molar-refractivity contribution in [2.45, 2.75) is 44.4 Å². The Morgan fingerprint density at radius 2 is 1.84 bits per heavy atom. The molecule has 0 aliphatic carbocycles. The van der Waals surface area contributed by atoms with Crippen LogP contribution in [-0.4, -0.2) is 80.2 Å². The molecule has 2 aromatic rings. The standard InChI is InChI=1S/C34H36ClF3N6O5/c1-33(2,32(49)42-24-10-12-27(28(35)14-24)34(36,37)38)41-17-21(16-39)7-8-22-18-44(19-22)25-11-9-23(20-46)26(15-25)31(48)43(4)29(6-5-13-45)30(47)40-3/h9-17,20,22,29,39,41H,5-6,18-19H2,1-4H3,(H,40,47)(H,42,49)/b21-17-,39-16?. The smallest absolute Gasteiger partial charge is 0.377 e. The Bertz CT molecular complexity index is 1710. The number of hydrogen-bond acceptors (Lipinski definition) is 8. The van der Waals surface area contributed by atoms with E-state index in [0.717, 1.165) is 24.4 Å². The molecule has 1 heterocycles. The highest BCUT2D eigenvalue weighted by Crippen LogP contribution is 2.36. The fourth-order valence-electron chi connectivity index (χ4n) is 4.77. The predicted molar refractivity (Wildman–Crippen MR) is 180 cm³/mol. The maximum Gasteiger partial charge on any atom is 0.417 e. The van der Waals surface area contributed by atoms with Crippen LogP contribution in [0.4, 0.5) is 24.5 Å². The number of likely N-dealkylation sites (N-methyl/N-ethyl adjacent to an activating group) is 2. The Morgan fingerprint density at radius 1 is 1.14 bits per heavy atom. The van der Waals surface area contributed by atoms with Gasteiger partial charge in [0.2, 0.25) is 11.8 Å². The molecular weight excluding hydrogens is 665 g/mol. The molecule has 0 spiro atoms. The SMILES string of the molecule is CNC(=O)C(CCC=O)N(C)C(=O)c1cc(N2CC(C#C/C(C=N)=C/NC(C)(C)C(=O)Nc3ccc(C(F)(F)F)c(Cl)c3)C2)ccc1C=O. The Morgan fingerprint density at radius 3 is 2.41 bits per heavy atom. The first-order valence-corrected chi connectivity index (χ1v) is 15.4. The second kappa shape index (κ2) is 16.3.